The molecule has 0 aromatic carbocycles. The molecule has 4 saturated heterocycles. The third-order valence-electron chi connectivity index (χ3n) is 14.0. The van der Waals surface area contributed by atoms with Crippen molar-refractivity contribution in [2.75, 3.05) is 113 Å². The summed E-state index contributed by atoms with van der Waals surface area (Å²) < 4.78 is 68.9. The number of anilines is 4. The van der Waals surface area contributed by atoms with Crippen molar-refractivity contribution in [2.24, 2.45) is 23.7 Å². The van der Waals surface area contributed by atoms with Crippen molar-refractivity contribution in [3.05, 3.63) is 23.3 Å². The molecule has 4 aliphatic heterocycles. The molecule has 70 heavy (non-hydrogen) atoms. The van der Waals surface area contributed by atoms with E-state index < -0.39 is 60.8 Å². The van der Waals surface area contributed by atoms with Gasteiger partial charge in [-0.05, 0) is 24.7 Å². The van der Waals surface area contributed by atoms with Gasteiger partial charge in [-0.25, -0.2) is 38.3 Å². The van der Waals surface area contributed by atoms with E-state index in [4.69, 9.17) is 19.7 Å². The molecule has 6 heterocycles. The number of morpholine rings is 2. The molecular weight excluding hydrogens is 929 g/mol. The van der Waals surface area contributed by atoms with Gasteiger partial charge in [0, 0.05) is 65.4 Å². The first kappa shape index (κ1) is 52.2. The summed E-state index contributed by atoms with van der Waals surface area (Å²) >= 11 is 0. The highest BCUT2D eigenvalue weighted by Gasteiger charge is 2.35. The number of amides is 4. The normalized spacial score (nSPS) is 21.9. The maximum atomic E-state index is 15.4. The molecule has 0 radical (unpaired) electrons. The van der Waals surface area contributed by atoms with Crippen molar-refractivity contribution in [1.29, 1.82) is 0 Å². The number of rotatable bonds is 18. The maximum absolute atomic E-state index is 15.4. The smallest absolute Gasteiger partial charge is 0.404 e. The first-order valence-corrected chi connectivity index (χ1v) is 24.3. The molecule has 6 aliphatic rings. The van der Waals surface area contributed by atoms with Crippen molar-refractivity contribution in [3.63, 3.8) is 0 Å². The van der Waals surface area contributed by atoms with E-state index in [0.717, 1.165) is 64.5 Å². The number of fused-ring (bicyclic) bond motifs is 2. The van der Waals surface area contributed by atoms with Gasteiger partial charge in [-0.15, -0.1) is 0 Å². The van der Waals surface area contributed by atoms with Gasteiger partial charge in [0.1, 0.15) is 13.3 Å². The summed E-state index contributed by atoms with van der Waals surface area (Å²) in [6.45, 7) is 5.37. The van der Waals surface area contributed by atoms with Crippen molar-refractivity contribution in [3.8, 4) is 0 Å². The van der Waals surface area contributed by atoms with Crippen LogP contribution in [0.2, 0.25) is 0 Å². The van der Waals surface area contributed by atoms with Gasteiger partial charge in [0.05, 0.1) is 50.3 Å². The second-order valence-corrected chi connectivity index (χ2v) is 18.7. The van der Waals surface area contributed by atoms with E-state index in [1.807, 2.05) is 0 Å². The summed E-state index contributed by atoms with van der Waals surface area (Å²) in [6.07, 6.45) is 6.94. The average molecular weight is 995 g/mol. The molecule has 388 valence electrons. The van der Waals surface area contributed by atoms with Gasteiger partial charge in [-0.2, -0.15) is 8.78 Å². The molecule has 26 heteroatoms. The lowest BCUT2D eigenvalue weighted by atomic mass is 9.92. The van der Waals surface area contributed by atoms with Crippen LogP contribution in [0.15, 0.2) is 0 Å². The van der Waals surface area contributed by atoms with Crippen molar-refractivity contribution < 1.29 is 56.4 Å². The van der Waals surface area contributed by atoms with Gasteiger partial charge in [0.2, 0.25) is 23.4 Å². The molecular formula is C44H66F4N14O8. The maximum Gasteiger partial charge on any atom is 0.404 e. The van der Waals surface area contributed by atoms with Crippen LogP contribution in [0.1, 0.15) is 75.9 Å². The Balaban J connectivity index is 0.000000206. The van der Waals surface area contributed by atoms with Crippen LogP contribution >= 0.6 is 0 Å². The van der Waals surface area contributed by atoms with E-state index in [-0.39, 0.29) is 60.1 Å². The zero-order valence-corrected chi connectivity index (χ0v) is 39.3. The fraction of sp³-hybridized carbons (Fsp3) is 0.727. The van der Waals surface area contributed by atoms with Gasteiger partial charge >= 0.3 is 12.2 Å². The van der Waals surface area contributed by atoms with Crippen LogP contribution in [-0.2, 0) is 32.4 Å². The second kappa shape index (κ2) is 25.5. The van der Waals surface area contributed by atoms with Crippen LogP contribution in [0, 0.1) is 35.3 Å². The molecule has 8 N–H and O–H groups in total. The summed E-state index contributed by atoms with van der Waals surface area (Å²) in [5.41, 5.74) is 9.86. The summed E-state index contributed by atoms with van der Waals surface area (Å²) in [5, 5.41) is 22.4. The third-order valence-corrected chi connectivity index (χ3v) is 14.0. The molecule has 2 aliphatic carbocycles. The van der Waals surface area contributed by atoms with E-state index in [1.165, 1.54) is 0 Å². The fourth-order valence-corrected chi connectivity index (χ4v) is 10.3. The number of carbonyl (C=O) groups is 4. The van der Waals surface area contributed by atoms with Crippen LogP contribution in [-0.4, -0.2) is 168 Å². The lowest BCUT2D eigenvalue weighted by molar-refractivity contribution is -0.125. The van der Waals surface area contributed by atoms with Gasteiger partial charge in [0.15, 0.2) is 34.9 Å². The number of hydrazine groups is 2. The monoisotopic (exact) mass is 995 g/mol. The Bertz CT molecular complexity index is 1950. The third kappa shape index (κ3) is 14.3. The number of ether oxygens (including phenoxy) is 2. The number of carbonyl (C=O) groups excluding carboxylic acids is 2. The first-order chi connectivity index (χ1) is 33.9. The van der Waals surface area contributed by atoms with Crippen molar-refractivity contribution >= 4 is 47.3 Å². The van der Waals surface area contributed by atoms with Crippen LogP contribution in [0.5, 0.6) is 0 Å². The molecule has 2 aromatic rings. The second-order valence-electron chi connectivity index (χ2n) is 18.7. The molecule has 8 rings (SSSR count). The molecule has 4 amide bonds. The predicted molar refractivity (Wildman–Crippen MR) is 246 cm³/mol. The minimum Gasteiger partial charge on any atom is -0.465 e. The quantitative estimate of drug-likeness (QED) is 0.0788. The number of nitrogens with zero attached hydrogens (tertiary/aromatic N) is 8. The number of hydrogen-bond donors (Lipinski definition) is 8. The topological polar surface area (TPSA) is 264 Å². The Morgan fingerprint density at radius 2 is 1.00 bits per heavy atom. The SMILES string of the molecule is O=C(O)NC[C@@H](CC1CCCC1)C(=O)NNc1nc(CF)nc(N2CCN3CCOC[C@@H]3C2)c1F.O=C(O)NC[C@@H](CC1CCCC1)C(=O)NNc1nc(CF)nc(N2CCN3CCOC[C@@H]3C2)c1F. The Kier molecular flexibility index (Phi) is 19.0. The minimum atomic E-state index is -1.22. The number of hydrogen-bond acceptors (Lipinski definition) is 16. The molecule has 0 spiro atoms. The summed E-state index contributed by atoms with van der Waals surface area (Å²) in [5.74, 6) is -4.24. The number of carboxylic acid groups (broad SMARTS) is 2. The highest BCUT2D eigenvalue weighted by Crippen LogP contribution is 2.33. The fourth-order valence-electron chi connectivity index (χ4n) is 10.3. The lowest BCUT2D eigenvalue weighted by Gasteiger charge is -2.44. The zero-order valence-electron chi connectivity index (χ0n) is 39.3. The van der Waals surface area contributed by atoms with Crippen molar-refractivity contribution in [2.45, 2.75) is 89.6 Å². The number of piperazine rings is 2. The molecule has 0 unspecified atom stereocenters. The number of halogens is 4. The van der Waals surface area contributed by atoms with E-state index in [0.29, 0.717) is 90.4 Å². The van der Waals surface area contributed by atoms with E-state index in [2.05, 4.69) is 62.1 Å². The highest BCUT2D eigenvalue weighted by atomic mass is 19.1. The largest absolute Gasteiger partial charge is 0.465 e. The van der Waals surface area contributed by atoms with Gasteiger partial charge in [-0.3, -0.25) is 41.1 Å². The molecule has 2 saturated carbocycles. The van der Waals surface area contributed by atoms with Crippen LogP contribution in [0.4, 0.5) is 50.4 Å². The van der Waals surface area contributed by atoms with Crippen LogP contribution < -0.4 is 42.1 Å². The summed E-state index contributed by atoms with van der Waals surface area (Å²) in [6, 6.07) is 0.185. The zero-order chi connectivity index (χ0) is 49.6. The van der Waals surface area contributed by atoms with E-state index in [1.54, 1.807) is 9.80 Å². The van der Waals surface area contributed by atoms with E-state index >= 15 is 8.78 Å². The molecule has 4 atom stereocenters. The Morgan fingerprint density at radius 3 is 1.37 bits per heavy atom. The predicted octanol–water partition coefficient (Wildman–Crippen LogP) is 3.03. The molecule has 2 aromatic heterocycles. The van der Waals surface area contributed by atoms with Crippen molar-refractivity contribution in [1.82, 2.24) is 51.2 Å². The van der Waals surface area contributed by atoms with Crippen LogP contribution in [0.25, 0.3) is 0 Å². The number of nitrogens with one attached hydrogen (secondary N) is 6. The average Bonchev–Trinajstić information content (AvgIpc) is 4.10. The minimum absolute atomic E-state index is 0.0235. The van der Waals surface area contributed by atoms with Crippen LogP contribution in [0.3, 0.4) is 0 Å². The van der Waals surface area contributed by atoms with E-state index in [9.17, 15) is 28.0 Å². The van der Waals surface area contributed by atoms with Gasteiger partial charge in [0.25, 0.3) is 0 Å². The van der Waals surface area contributed by atoms with Gasteiger partial charge in [-0.1, -0.05) is 51.4 Å². The standard InChI is InChI=1S/2C22H33F2N7O4/c2*23-10-17-26-19(18(24)20(27-17)31-6-5-30-7-8-35-13-16(30)12-31)28-29-21(32)15(11-25-22(33)34)9-14-3-1-2-4-14/h2*14-16,25H,1-13H2,(H,29,32)(H,33,34)(H,26,27,28)/t2*15-,16+/m11/s1. The Hall–Kier alpha value is -5.60. The Morgan fingerprint density at radius 1 is 0.600 bits per heavy atom. The number of alkyl halides is 2. The Labute approximate surface area is 403 Å². The highest BCUT2D eigenvalue weighted by molar-refractivity contribution is 5.81. The van der Waals surface area contributed by atoms with Gasteiger partial charge < -0.3 is 40.1 Å². The summed E-state index contributed by atoms with van der Waals surface area (Å²) in [7, 11) is 0. The first-order valence-electron chi connectivity index (χ1n) is 24.3. The molecule has 22 nitrogen and oxygen atoms in total. The lowest BCUT2D eigenvalue weighted by Crippen LogP contribution is -2.58. The number of aromatic nitrogens is 4. The summed E-state index contributed by atoms with van der Waals surface area (Å²) in [4.78, 5) is 71.6. The molecule has 6 fully saturated rings. The molecule has 0 bridgehead atoms.